The first-order valence-corrected chi connectivity index (χ1v) is 13.1. The number of ether oxygens (including phenoxy) is 1. The van der Waals surface area contributed by atoms with Crippen LogP contribution in [0.15, 0.2) is 46.6 Å². The van der Waals surface area contributed by atoms with Gasteiger partial charge in [0.05, 0.1) is 24.8 Å². The first-order valence-electron chi connectivity index (χ1n) is 11.4. The summed E-state index contributed by atoms with van der Waals surface area (Å²) in [6.07, 6.45) is 4.89. The molecule has 11 heteroatoms. The predicted octanol–water partition coefficient (Wildman–Crippen LogP) is 4.91. The minimum absolute atomic E-state index is 0.0921. The number of benzene rings is 1. The summed E-state index contributed by atoms with van der Waals surface area (Å²) in [6, 6.07) is 3.75. The van der Waals surface area contributed by atoms with Gasteiger partial charge in [-0.25, -0.2) is 14.2 Å². The highest BCUT2D eigenvalue weighted by Crippen LogP contribution is 2.49. The number of carboxylic acids is 1. The Hall–Kier alpha value is -2.63. The number of hydrogen-bond acceptors (Lipinski definition) is 6. The summed E-state index contributed by atoms with van der Waals surface area (Å²) < 4.78 is 23.0. The van der Waals surface area contributed by atoms with Gasteiger partial charge >= 0.3 is 5.97 Å². The molecule has 0 spiro atoms. The van der Waals surface area contributed by atoms with Gasteiger partial charge in [0.25, 0.3) is 5.91 Å². The number of nitrogens with zero attached hydrogens (tertiary/aromatic N) is 4. The summed E-state index contributed by atoms with van der Waals surface area (Å²) in [7, 11) is 1.53. The average Bonchev–Trinajstić information content (AvgIpc) is 3.55. The SMILES string of the molecule is COC[C@H]1C[C@@](Cn2cccn2)(C(=O)O)N(C(=O)c2cc(Br)c(C(C)(C)C)cc2F)[C@H]1c1nccs1. The number of methoxy groups -OCH3 is 1. The Labute approximate surface area is 221 Å². The third-order valence-corrected chi connectivity index (χ3v) is 8.07. The fourth-order valence-electron chi connectivity index (χ4n) is 4.97. The minimum atomic E-state index is -1.70. The summed E-state index contributed by atoms with van der Waals surface area (Å²) in [5.74, 6) is -3.00. The summed E-state index contributed by atoms with van der Waals surface area (Å²) in [5.41, 5.74) is -1.58. The summed E-state index contributed by atoms with van der Waals surface area (Å²) in [4.78, 5) is 32.9. The highest BCUT2D eigenvalue weighted by molar-refractivity contribution is 9.10. The van der Waals surface area contributed by atoms with Gasteiger partial charge in [0, 0.05) is 41.5 Å². The van der Waals surface area contributed by atoms with E-state index in [1.54, 1.807) is 30.0 Å². The van der Waals surface area contributed by atoms with Crippen molar-refractivity contribution >= 4 is 39.1 Å². The van der Waals surface area contributed by atoms with E-state index in [9.17, 15) is 14.7 Å². The number of likely N-dealkylation sites (tertiary alicyclic amines) is 1. The molecule has 3 heterocycles. The van der Waals surface area contributed by atoms with Crippen molar-refractivity contribution < 1.29 is 23.8 Å². The van der Waals surface area contributed by atoms with E-state index in [-0.39, 0.29) is 36.5 Å². The van der Waals surface area contributed by atoms with E-state index in [0.29, 0.717) is 15.0 Å². The molecule has 192 valence electrons. The number of carboxylic acid groups (broad SMARTS) is 1. The first-order chi connectivity index (χ1) is 17.0. The quantitative estimate of drug-likeness (QED) is 0.427. The lowest BCUT2D eigenvalue weighted by molar-refractivity contribution is -0.150. The molecule has 4 rings (SSSR count). The zero-order valence-corrected chi connectivity index (χ0v) is 22.8. The van der Waals surface area contributed by atoms with Crippen molar-refractivity contribution in [2.24, 2.45) is 5.92 Å². The molecule has 1 fully saturated rings. The molecule has 0 bridgehead atoms. The number of carbonyl (C=O) groups excluding carboxylic acids is 1. The zero-order valence-electron chi connectivity index (χ0n) is 20.4. The van der Waals surface area contributed by atoms with Crippen molar-refractivity contribution in [1.29, 1.82) is 0 Å². The van der Waals surface area contributed by atoms with Gasteiger partial charge in [0.2, 0.25) is 0 Å². The number of rotatable bonds is 7. The standard InChI is InChI=1S/C25H28BrFN4O4S/c1-24(2,3)17-11-19(27)16(10-18(17)26)22(32)31-20(21-28-7-9-36-21)15(13-35-4)12-25(31,23(33)34)14-30-8-5-6-29-30/h5-11,15,20H,12-14H2,1-4H3,(H,33,34)/t15-,20-,25-/m1/s1. The van der Waals surface area contributed by atoms with Crippen molar-refractivity contribution in [3.63, 3.8) is 0 Å². The molecule has 1 N–H and O–H groups in total. The van der Waals surface area contributed by atoms with Gasteiger partial charge in [-0.1, -0.05) is 36.7 Å². The molecule has 0 saturated carbocycles. The van der Waals surface area contributed by atoms with E-state index >= 15 is 4.39 Å². The maximum absolute atomic E-state index is 15.5. The highest BCUT2D eigenvalue weighted by Gasteiger charge is 2.60. The van der Waals surface area contributed by atoms with Crippen LogP contribution in [-0.4, -0.2) is 55.9 Å². The van der Waals surface area contributed by atoms with Crippen LogP contribution in [0.1, 0.15) is 54.2 Å². The van der Waals surface area contributed by atoms with Gasteiger partial charge in [0.15, 0.2) is 5.54 Å². The normalized spacial score (nSPS) is 22.2. The van der Waals surface area contributed by atoms with Crippen LogP contribution >= 0.6 is 27.3 Å². The van der Waals surface area contributed by atoms with Crippen molar-refractivity contribution in [3.05, 3.63) is 68.6 Å². The number of hydrogen-bond donors (Lipinski definition) is 1. The van der Waals surface area contributed by atoms with Crippen LogP contribution in [0.25, 0.3) is 0 Å². The summed E-state index contributed by atoms with van der Waals surface area (Å²) in [6.45, 7) is 5.94. The second-order valence-corrected chi connectivity index (χ2v) is 11.8. The number of halogens is 2. The van der Waals surface area contributed by atoms with Crippen LogP contribution in [0, 0.1) is 11.7 Å². The monoisotopic (exact) mass is 578 g/mol. The van der Waals surface area contributed by atoms with Crippen LogP contribution in [0.5, 0.6) is 0 Å². The third-order valence-electron chi connectivity index (χ3n) is 6.57. The Bertz CT molecular complexity index is 1250. The van der Waals surface area contributed by atoms with E-state index in [1.807, 2.05) is 20.8 Å². The average molecular weight is 579 g/mol. The number of amides is 1. The molecule has 2 aromatic heterocycles. The van der Waals surface area contributed by atoms with Gasteiger partial charge in [-0.3, -0.25) is 9.48 Å². The molecule has 0 unspecified atom stereocenters. The second kappa shape index (κ2) is 10.0. The van der Waals surface area contributed by atoms with E-state index in [1.165, 1.54) is 40.2 Å². The molecule has 1 aliphatic heterocycles. The van der Waals surface area contributed by atoms with Crippen molar-refractivity contribution in [3.8, 4) is 0 Å². The minimum Gasteiger partial charge on any atom is -0.479 e. The largest absolute Gasteiger partial charge is 0.479 e. The Morgan fingerprint density at radius 2 is 2.08 bits per heavy atom. The van der Waals surface area contributed by atoms with Crippen molar-refractivity contribution in [2.75, 3.05) is 13.7 Å². The fourth-order valence-corrected chi connectivity index (χ4v) is 6.73. The second-order valence-electron chi connectivity index (χ2n) is 10.0. The smallest absolute Gasteiger partial charge is 0.331 e. The van der Waals surface area contributed by atoms with E-state index < -0.39 is 29.3 Å². The molecule has 1 amide bonds. The third kappa shape index (κ3) is 4.71. The van der Waals surface area contributed by atoms with E-state index in [0.717, 1.165) is 0 Å². The van der Waals surface area contributed by atoms with Crippen molar-refractivity contribution in [1.82, 2.24) is 19.7 Å². The first kappa shape index (κ1) is 26.4. The molecule has 3 aromatic rings. The highest BCUT2D eigenvalue weighted by atomic mass is 79.9. The Kier molecular flexibility index (Phi) is 7.36. The molecule has 0 radical (unpaired) electrons. The van der Waals surface area contributed by atoms with Crippen LogP contribution < -0.4 is 0 Å². The van der Waals surface area contributed by atoms with Gasteiger partial charge < -0.3 is 14.7 Å². The number of thiazole rings is 1. The molecule has 1 aliphatic rings. The Morgan fingerprint density at radius 3 is 2.64 bits per heavy atom. The molecule has 3 atom stereocenters. The lowest BCUT2D eigenvalue weighted by Crippen LogP contribution is -2.56. The molecule has 1 aromatic carbocycles. The molecular formula is C25H28BrFN4O4S. The van der Waals surface area contributed by atoms with Gasteiger partial charge in [-0.15, -0.1) is 11.3 Å². The van der Waals surface area contributed by atoms with Gasteiger partial charge in [-0.05, 0) is 35.6 Å². The van der Waals surface area contributed by atoms with Crippen LogP contribution in [0.2, 0.25) is 0 Å². The summed E-state index contributed by atoms with van der Waals surface area (Å²) in [5, 5.41) is 17.1. The number of carbonyl (C=O) groups is 2. The van der Waals surface area contributed by atoms with E-state index in [4.69, 9.17) is 4.74 Å². The maximum atomic E-state index is 15.5. The lowest BCUT2D eigenvalue weighted by atomic mass is 9.86. The van der Waals surface area contributed by atoms with Gasteiger partial charge in [0.1, 0.15) is 10.8 Å². The molecule has 1 saturated heterocycles. The predicted molar refractivity (Wildman–Crippen MR) is 136 cm³/mol. The zero-order chi connectivity index (χ0) is 26.3. The fraction of sp³-hybridized carbons (Fsp3) is 0.440. The van der Waals surface area contributed by atoms with Crippen LogP contribution in [0.3, 0.4) is 0 Å². The number of aromatic nitrogens is 3. The number of aliphatic carboxylic acids is 1. The van der Waals surface area contributed by atoms with Crippen LogP contribution in [-0.2, 0) is 21.5 Å². The Morgan fingerprint density at radius 1 is 1.33 bits per heavy atom. The molecular weight excluding hydrogens is 551 g/mol. The molecule has 0 aliphatic carbocycles. The maximum Gasteiger partial charge on any atom is 0.331 e. The summed E-state index contributed by atoms with van der Waals surface area (Å²) >= 11 is 4.81. The topological polar surface area (TPSA) is 97.5 Å². The van der Waals surface area contributed by atoms with E-state index in [2.05, 4.69) is 26.0 Å². The van der Waals surface area contributed by atoms with Crippen LogP contribution in [0.4, 0.5) is 4.39 Å². The molecule has 36 heavy (non-hydrogen) atoms. The lowest BCUT2D eigenvalue weighted by Gasteiger charge is -2.37. The van der Waals surface area contributed by atoms with Gasteiger partial charge in [-0.2, -0.15) is 5.10 Å². The molecule has 8 nitrogen and oxygen atoms in total. The Balaban J connectivity index is 1.91. The van der Waals surface area contributed by atoms with Crippen molar-refractivity contribution in [2.45, 2.75) is 50.7 Å².